The van der Waals surface area contributed by atoms with E-state index in [-0.39, 0.29) is 13.2 Å². The normalized spacial score (nSPS) is 10.4. The van der Waals surface area contributed by atoms with E-state index in [0.717, 1.165) is 0 Å². The van der Waals surface area contributed by atoms with Gasteiger partial charge in [-0.3, -0.25) is 9.59 Å². The van der Waals surface area contributed by atoms with Crippen molar-refractivity contribution in [2.75, 3.05) is 0 Å². The summed E-state index contributed by atoms with van der Waals surface area (Å²) in [7, 11) is 0. The van der Waals surface area contributed by atoms with E-state index in [9.17, 15) is 9.59 Å². The van der Waals surface area contributed by atoms with Gasteiger partial charge < -0.3 is 9.47 Å². The van der Waals surface area contributed by atoms with E-state index in [1.54, 1.807) is 18.2 Å². The molecule has 2 rings (SSSR count). The monoisotopic (exact) mass is 308 g/mol. The largest absolute Gasteiger partial charge is 0.459 e. The van der Waals surface area contributed by atoms with E-state index < -0.39 is 11.9 Å². The number of fused-ring (bicyclic) bond motifs is 1. The summed E-state index contributed by atoms with van der Waals surface area (Å²) in [6, 6.07) is 5.08. The number of benzene rings is 1. The first-order valence-corrected chi connectivity index (χ1v) is 6.55. The number of aromatic nitrogens is 2. The number of esters is 2. The maximum atomic E-state index is 10.9. The lowest BCUT2D eigenvalue weighted by Gasteiger charge is -2.10. The highest BCUT2D eigenvalue weighted by atomic mass is 35.5. The second kappa shape index (κ2) is 6.49. The molecule has 2 aromatic rings. The number of carbonyl (C=O) groups excluding carboxylic acids is 2. The molecular weight excluding hydrogens is 296 g/mol. The molecule has 0 atom stereocenters. The Labute approximate surface area is 126 Å². The molecule has 0 radical (unpaired) electrons. The highest BCUT2D eigenvalue weighted by molar-refractivity contribution is 6.31. The predicted octanol–water partition coefficient (Wildman–Crippen LogP) is 2.41. The van der Waals surface area contributed by atoms with Gasteiger partial charge in [-0.05, 0) is 18.2 Å². The second-order valence-corrected chi connectivity index (χ2v) is 4.75. The van der Waals surface area contributed by atoms with E-state index in [2.05, 4.69) is 9.97 Å². The molecule has 110 valence electrons. The Hall–Kier alpha value is -2.21. The zero-order valence-electron chi connectivity index (χ0n) is 11.6. The summed E-state index contributed by atoms with van der Waals surface area (Å²) >= 11 is 5.92. The first-order valence-electron chi connectivity index (χ1n) is 6.17. The molecule has 21 heavy (non-hydrogen) atoms. The molecule has 1 aromatic heterocycles. The summed E-state index contributed by atoms with van der Waals surface area (Å²) in [4.78, 5) is 30.6. The Morgan fingerprint density at radius 3 is 2.05 bits per heavy atom. The van der Waals surface area contributed by atoms with Gasteiger partial charge in [0.15, 0.2) is 0 Å². The quantitative estimate of drug-likeness (QED) is 0.807. The van der Waals surface area contributed by atoms with Gasteiger partial charge in [0.2, 0.25) is 0 Å². The number of hydrogen-bond donors (Lipinski definition) is 0. The molecule has 6 nitrogen and oxygen atoms in total. The van der Waals surface area contributed by atoms with Gasteiger partial charge in [0.25, 0.3) is 0 Å². The van der Waals surface area contributed by atoms with Crippen LogP contribution in [0, 0.1) is 0 Å². The Kier molecular flexibility index (Phi) is 4.70. The lowest BCUT2D eigenvalue weighted by Crippen LogP contribution is -2.09. The van der Waals surface area contributed by atoms with Crippen LogP contribution in [0.2, 0.25) is 5.02 Å². The second-order valence-electron chi connectivity index (χ2n) is 4.31. The summed E-state index contributed by atoms with van der Waals surface area (Å²) in [6.07, 6.45) is 0. The smallest absolute Gasteiger partial charge is 0.303 e. The number of halogens is 1. The van der Waals surface area contributed by atoms with Crippen molar-refractivity contribution in [3.05, 3.63) is 34.6 Å². The molecule has 0 saturated heterocycles. The average molecular weight is 309 g/mol. The fraction of sp³-hybridized carbons (Fsp3) is 0.286. The van der Waals surface area contributed by atoms with Crippen LogP contribution in [0.1, 0.15) is 25.2 Å². The molecule has 0 unspecified atom stereocenters. The molecule has 0 N–H and O–H groups in total. The van der Waals surface area contributed by atoms with Crippen molar-refractivity contribution in [1.29, 1.82) is 0 Å². The lowest BCUT2D eigenvalue weighted by molar-refractivity contribution is -0.144. The van der Waals surface area contributed by atoms with Gasteiger partial charge in [0.05, 0.1) is 11.0 Å². The Bertz CT molecular complexity index is 703. The van der Waals surface area contributed by atoms with E-state index in [4.69, 9.17) is 21.1 Å². The molecule has 0 aliphatic carbocycles. The molecule has 0 spiro atoms. The maximum absolute atomic E-state index is 10.9. The van der Waals surface area contributed by atoms with Gasteiger partial charge in [0.1, 0.15) is 24.6 Å². The molecule has 1 aromatic carbocycles. The Balaban J connectivity index is 2.40. The van der Waals surface area contributed by atoms with Crippen LogP contribution in [-0.4, -0.2) is 21.9 Å². The third kappa shape index (κ3) is 4.13. The van der Waals surface area contributed by atoms with Crippen LogP contribution in [0.15, 0.2) is 18.2 Å². The fourth-order valence-electron chi connectivity index (χ4n) is 1.67. The summed E-state index contributed by atoms with van der Waals surface area (Å²) in [6.45, 7) is 2.54. The van der Waals surface area contributed by atoms with Gasteiger partial charge in [-0.1, -0.05) is 11.6 Å². The number of nitrogens with zero attached hydrogens (tertiary/aromatic N) is 2. The van der Waals surface area contributed by atoms with Crippen LogP contribution >= 0.6 is 11.6 Å². The van der Waals surface area contributed by atoms with E-state index in [1.165, 1.54) is 13.8 Å². The van der Waals surface area contributed by atoms with Gasteiger partial charge in [0, 0.05) is 18.9 Å². The fourth-order valence-corrected chi connectivity index (χ4v) is 1.84. The molecule has 0 fully saturated rings. The molecule has 0 aliphatic heterocycles. The van der Waals surface area contributed by atoms with Crippen LogP contribution in [0.3, 0.4) is 0 Å². The van der Waals surface area contributed by atoms with Crippen LogP contribution in [-0.2, 0) is 32.3 Å². The number of hydrogen-bond acceptors (Lipinski definition) is 6. The minimum absolute atomic E-state index is 0.0303. The van der Waals surface area contributed by atoms with Gasteiger partial charge in [-0.2, -0.15) is 0 Å². The van der Waals surface area contributed by atoms with Crippen LogP contribution < -0.4 is 0 Å². The predicted molar refractivity (Wildman–Crippen MR) is 75.5 cm³/mol. The van der Waals surface area contributed by atoms with Crippen LogP contribution in [0.25, 0.3) is 11.0 Å². The summed E-state index contributed by atoms with van der Waals surface area (Å²) < 4.78 is 9.88. The number of rotatable bonds is 4. The summed E-state index contributed by atoms with van der Waals surface area (Å²) in [5, 5.41) is 0.531. The van der Waals surface area contributed by atoms with E-state index in [1.807, 2.05) is 0 Å². The minimum Gasteiger partial charge on any atom is -0.459 e. The summed E-state index contributed by atoms with van der Waals surface area (Å²) in [5.41, 5.74) is 2.08. The number of carbonyl (C=O) groups is 2. The van der Waals surface area contributed by atoms with Crippen molar-refractivity contribution in [3.8, 4) is 0 Å². The van der Waals surface area contributed by atoms with Gasteiger partial charge >= 0.3 is 11.9 Å². The molecule has 0 bridgehead atoms. The molecule has 7 heteroatoms. The average Bonchev–Trinajstić information content (AvgIpc) is 2.42. The van der Waals surface area contributed by atoms with Crippen molar-refractivity contribution in [3.63, 3.8) is 0 Å². The van der Waals surface area contributed by atoms with Crippen molar-refractivity contribution in [1.82, 2.24) is 9.97 Å². The molecule has 0 saturated carbocycles. The third-order valence-corrected chi connectivity index (χ3v) is 2.84. The first kappa shape index (κ1) is 15.2. The summed E-state index contributed by atoms with van der Waals surface area (Å²) in [5.74, 6) is -0.854. The molecule has 1 heterocycles. The Morgan fingerprint density at radius 1 is 1.00 bits per heavy atom. The highest BCUT2D eigenvalue weighted by Crippen LogP contribution is 2.19. The van der Waals surface area contributed by atoms with E-state index in [0.29, 0.717) is 27.4 Å². The zero-order chi connectivity index (χ0) is 15.4. The van der Waals surface area contributed by atoms with Crippen molar-refractivity contribution in [2.45, 2.75) is 27.1 Å². The standard InChI is InChI=1S/C14H13ClN2O4/c1-8(18)20-6-13-14(7-21-9(2)19)17-12-5-10(15)3-4-11(12)16-13/h3-5H,6-7H2,1-2H3. The van der Waals surface area contributed by atoms with Gasteiger partial charge in [-0.25, -0.2) is 9.97 Å². The highest BCUT2D eigenvalue weighted by Gasteiger charge is 2.12. The molecule has 0 amide bonds. The SMILES string of the molecule is CC(=O)OCc1nc2ccc(Cl)cc2nc1COC(C)=O. The minimum atomic E-state index is -0.429. The van der Waals surface area contributed by atoms with Crippen molar-refractivity contribution >= 4 is 34.6 Å². The van der Waals surface area contributed by atoms with Crippen LogP contribution in [0.4, 0.5) is 0 Å². The van der Waals surface area contributed by atoms with Crippen molar-refractivity contribution in [2.24, 2.45) is 0 Å². The third-order valence-electron chi connectivity index (χ3n) is 2.61. The maximum Gasteiger partial charge on any atom is 0.303 e. The first-order chi connectivity index (χ1) is 9.95. The number of ether oxygens (including phenoxy) is 2. The molecule has 0 aliphatic rings. The van der Waals surface area contributed by atoms with Gasteiger partial charge in [-0.15, -0.1) is 0 Å². The zero-order valence-corrected chi connectivity index (χ0v) is 12.3. The van der Waals surface area contributed by atoms with Crippen molar-refractivity contribution < 1.29 is 19.1 Å². The van der Waals surface area contributed by atoms with E-state index >= 15 is 0 Å². The Morgan fingerprint density at radius 2 is 1.52 bits per heavy atom. The van der Waals surface area contributed by atoms with Crippen LogP contribution in [0.5, 0.6) is 0 Å². The topological polar surface area (TPSA) is 78.4 Å². The molecular formula is C14H13ClN2O4. The lowest BCUT2D eigenvalue weighted by atomic mass is 10.2.